The molecule has 0 aliphatic heterocycles. The van der Waals surface area contributed by atoms with E-state index in [-0.39, 0.29) is 5.16 Å². The molecule has 1 unspecified atom stereocenters. The summed E-state index contributed by atoms with van der Waals surface area (Å²) in [6.45, 7) is 6.05. The summed E-state index contributed by atoms with van der Waals surface area (Å²) >= 11 is 0. The minimum atomic E-state index is -1.59. The van der Waals surface area contributed by atoms with Gasteiger partial charge in [-0.15, -0.1) is 0 Å². The highest BCUT2D eigenvalue weighted by molar-refractivity contribution is 7.55. The molecule has 0 fully saturated rings. The van der Waals surface area contributed by atoms with Gasteiger partial charge in [-0.2, -0.15) is 0 Å². The summed E-state index contributed by atoms with van der Waals surface area (Å²) in [7, 11) is 1.72. The van der Waals surface area contributed by atoms with Crippen LogP contribution in [-0.4, -0.2) is 19.4 Å². The first-order valence-electron chi connectivity index (χ1n) is 9.24. The normalized spacial score (nSPS) is 11.8. The zero-order chi connectivity index (χ0) is 20.3. The monoisotopic (exact) mass is 393 g/mol. The molecule has 1 atom stereocenters. The molecule has 0 bridgehead atoms. The van der Waals surface area contributed by atoms with Crippen molar-refractivity contribution in [2.75, 3.05) is 14.2 Å². The van der Waals surface area contributed by atoms with Crippen molar-refractivity contribution < 1.29 is 14.0 Å². The fourth-order valence-electron chi connectivity index (χ4n) is 3.14. The van der Waals surface area contributed by atoms with Gasteiger partial charge in [0.1, 0.15) is 11.5 Å². The Morgan fingerprint density at radius 2 is 1.21 bits per heavy atom. The van der Waals surface area contributed by atoms with E-state index in [2.05, 4.69) is 6.07 Å². The molecule has 0 saturated carbocycles. The Morgan fingerprint density at radius 3 is 1.68 bits per heavy atom. The summed E-state index contributed by atoms with van der Waals surface area (Å²) in [5.41, 5.74) is 4.14. The molecule has 0 aromatic heterocycles. The summed E-state index contributed by atoms with van der Waals surface area (Å²) in [4.78, 5) is 0. The molecule has 4 heteroatoms. The van der Waals surface area contributed by atoms with E-state index >= 15 is 0 Å². The topological polar surface area (TPSA) is 35.5 Å². The van der Waals surface area contributed by atoms with Gasteiger partial charge in [0.05, 0.1) is 14.2 Å². The molecule has 0 saturated heterocycles. The lowest BCUT2D eigenvalue weighted by molar-refractivity contribution is 0.414. The Balaban J connectivity index is 2.24. The van der Waals surface area contributed by atoms with Gasteiger partial charge in [-0.3, -0.25) is 0 Å². The molecule has 0 spiro atoms. The van der Waals surface area contributed by atoms with Crippen LogP contribution in [0.1, 0.15) is 20.8 Å². The van der Waals surface area contributed by atoms with Gasteiger partial charge in [0.15, 0.2) is 10.5 Å². The maximum atomic E-state index is 13.4. The first kappa shape index (κ1) is 20.1. The van der Waals surface area contributed by atoms with E-state index in [0.717, 1.165) is 39.1 Å². The Hall–Kier alpha value is -2.64. The minimum absolute atomic E-state index is 0.324. The maximum Gasteiger partial charge on any atom is 0.382 e. The van der Waals surface area contributed by atoms with Crippen LogP contribution in [0.25, 0.3) is 22.3 Å². The van der Waals surface area contributed by atoms with Crippen LogP contribution >= 0.6 is 7.80 Å². The molecule has 0 heterocycles. The highest BCUT2D eigenvalue weighted by Crippen LogP contribution is 2.43. The van der Waals surface area contributed by atoms with E-state index < -0.39 is 7.80 Å². The van der Waals surface area contributed by atoms with Crippen molar-refractivity contribution in [2.45, 2.75) is 25.9 Å². The van der Waals surface area contributed by atoms with Gasteiger partial charge in [-0.05, 0) is 67.8 Å². The Labute approximate surface area is 168 Å². The molecular weight excluding hydrogens is 367 g/mol. The largest absolute Gasteiger partial charge is 0.497 e. The first-order valence-corrected chi connectivity index (χ1v) is 10.5. The molecule has 0 aliphatic rings. The number of benzene rings is 3. The van der Waals surface area contributed by atoms with Gasteiger partial charge in [0.25, 0.3) is 0 Å². The van der Waals surface area contributed by atoms with Gasteiger partial charge in [-0.25, -0.2) is 0 Å². The molecule has 3 aromatic rings. The van der Waals surface area contributed by atoms with E-state index in [9.17, 15) is 4.57 Å². The summed E-state index contributed by atoms with van der Waals surface area (Å²) in [5, 5.41) is 0.552. The van der Waals surface area contributed by atoms with E-state index in [1.54, 1.807) is 14.2 Å². The molecule has 0 N–H and O–H groups in total. The third-order valence-corrected chi connectivity index (χ3v) is 6.68. The van der Waals surface area contributed by atoms with Gasteiger partial charge >= 0.3 is 7.80 Å². The highest BCUT2D eigenvalue weighted by atomic mass is 31.1. The van der Waals surface area contributed by atoms with Crippen LogP contribution in [0, 0.1) is 0 Å². The maximum absolute atomic E-state index is 13.4. The standard InChI is InChI=1S/C24H26O3P/c1-24(2,3)28(25)22-8-6-7-21(17-9-13-19(26-4)14-10-17)23(22)18-11-15-20(27-5)16-12-18/h6-16H,1-5H3/q+1. The highest BCUT2D eigenvalue weighted by Gasteiger charge is 2.39. The molecule has 3 nitrogen and oxygen atoms in total. The molecule has 0 amide bonds. The predicted octanol–water partition coefficient (Wildman–Crippen LogP) is 6.29. The second-order valence-corrected chi connectivity index (χ2v) is 10.0. The third kappa shape index (κ3) is 4.10. The van der Waals surface area contributed by atoms with E-state index in [0.29, 0.717) is 0 Å². The Morgan fingerprint density at radius 1 is 0.714 bits per heavy atom. The van der Waals surface area contributed by atoms with Crippen molar-refractivity contribution in [1.29, 1.82) is 0 Å². The fourth-order valence-corrected chi connectivity index (χ4v) is 4.54. The SMILES string of the molecule is COc1ccc(-c2cccc([P+](=O)C(C)(C)C)c2-c2ccc(OC)cc2)cc1. The lowest BCUT2D eigenvalue weighted by Gasteiger charge is -2.14. The van der Waals surface area contributed by atoms with Crippen molar-refractivity contribution in [1.82, 2.24) is 0 Å². The molecule has 144 valence electrons. The van der Waals surface area contributed by atoms with Gasteiger partial charge in [0.2, 0.25) is 0 Å². The average molecular weight is 393 g/mol. The molecule has 3 aromatic carbocycles. The van der Waals surface area contributed by atoms with Crippen molar-refractivity contribution in [2.24, 2.45) is 0 Å². The van der Waals surface area contributed by atoms with Crippen molar-refractivity contribution >= 4 is 13.1 Å². The lowest BCUT2D eigenvalue weighted by atomic mass is 9.94. The zero-order valence-corrected chi connectivity index (χ0v) is 17.9. The second kappa shape index (κ2) is 8.16. The fraction of sp³-hybridized carbons (Fsp3) is 0.250. The van der Waals surface area contributed by atoms with Crippen molar-refractivity contribution in [3.05, 3.63) is 66.7 Å². The molecule has 28 heavy (non-hydrogen) atoms. The molecular formula is C24H26O3P+. The van der Waals surface area contributed by atoms with Crippen molar-refractivity contribution in [3.63, 3.8) is 0 Å². The van der Waals surface area contributed by atoms with Gasteiger partial charge in [-0.1, -0.05) is 41.0 Å². The van der Waals surface area contributed by atoms with Crippen LogP contribution < -0.4 is 14.8 Å². The smallest absolute Gasteiger partial charge is 0.382 e. The second-order valence-electron chi connectivity index (χ2n) is 7.62. The summed E-state index contributed by atoms with van der Waals surface area (Å²) < 4.78 is 24.0. The summed E-state index contributed by atoms with van der Waals surface area (Å²) in [5.74, 6) is 1.61. The van der Waals surface area contributed by atoms with Crippen LogP contribution in [0.3, 0.4) is 0 Å². The van der Waals surface area contributed by atoms with Crippen LogP contribution in [0.5, 0.6) is 11.5 Å². The van der Waals surface area contributed by atoms with E-state index in [1.807, 2.05) is 81.4 Å². The van der Waals surface area contributed by atoms with Gasteiger partial charge < -0.3 is 9.47 Å². The van der Waals surface area contributed by atoms with E-state index in [4.69, 9.17) is 9.47 Å². The number of methoxy groups -OCH3 is 2. The summed E-state index contributed by atoms with van der Waals surface area (Å²) in [6.07, 6.45) is 0. The quantitative estimate of drug-likeness (QED) is 0.478. The van der Waals surface area contributed by atoms with Crippen LogP contribution in [-0.2, 0) is 4.57 Å². The average Bonchev–Trinajstić information content (AvgIpc) is 2.72. The van der Waals surface area contributed by atoms with Crippen molar-refractivity contribution in [3.8, 4) is 33.8 Å². The summed E-state index contributed by atoms with van der Waals surface area (Å²) in [6, 6.07) is 21.9. The zero-order valence-electron chi connectivity index (χ0n) is 17.0. The predicted molar refractivity (Wildman–Crippen MR) is 117 cm³/mol. The lowest BCUT2D eigenvalue weighted by Crippen LogP contribution is -2.16. The minimum Gasteiger partial charge on any atom is -0.497 e. The van der Waals surface area contributed by atoms with Gasteiger partial charge in [0, 0.05) is 5.56 Å². The number of ether oxygens (including phenoxy) is 2. The van der Waals surface area contributed by atoms with E-state index in [1.165, 1.54) is 0 Å². The third-order valence-electron chi connectivity index (χ3n) is 4.65. The molecule has 3 rings (SSSR count). The first-order chi connectivity index (χ1) is 13.3. The molecule has 0 radical (unpaired) electrons. The number of hydrogen-bond acceptors (Lipinski definition) is 3. The Bertz CT molecular complexity index is 968. The number of hydrogen-bond donors (Lipinski definition) is 0. The molecule has 0 aliphatic carbocycles. The van der Waals surface area contributed by atoms with Crippen LogP contribution in [0.2, 0.25) is 0 Å². The van der Waals surface area contributed by atoms with Crippen LogP contribution in [0.15, 0.2) is 66.7 Å². The number of rotatable bonds is 5. The Kier molecular flexibility index (Phi) is 5.86. The van der Waals surface area contributed by atoms with Crippen LogP contribution in [0.4, 0.5) is 0 Å².